The fourth-order valence-electron chi connectivity index (χ4n) is 5.08. The number of hydrogen-bond acceptors (Lipinski definition) is 10. The molecule has 0 aliphatic carbocycles. The van der Waals surface area contributed by atoms with Gasteiger partial charge in [-0.1, -0.05) is 6.07 Å². The molecule has 3 aromatic rings. The first-order chi connectivity index (χ1) is 18.9. The van der Waals surface area contributed by atoms with Crippen molar-refractivity contribution in [3.05, 3.63) is 63.0 Å². The van der Waals surface area contributed by atoms with Crippen LogP contribution in [0.4, 0.5) is 0 Å². The molecule has 0 atom stereocenters. The van der Waals surface area contributed by atoms with Gasteiger partial charge in [-0.3, -0.25) is 14.6 Å². The Kier molecular flexibility index (Phi) is 8.35. The van der Waals surface area contributed by atoms with Crippen molar-refractivity contribution in [3.8, 4) is 17.2 Å². The predicted octanol–water partition coefficient (Wildman–Crippen LogP) is 2.98. The van der Waals surface area contributed by atoms with Gasteiger partial charge in [0.2, 0.25) is 6.79 Å². The van der Waals surface area contributed by atoms with Crippen molar-refractivity contribution < 1.29 is 33.3 Å². The van der Waals surface area contributed by atoms with E-state index in [4.69, 9.17) is 23.4 Å². The highest BCUT2D eigenvalue weighted by atomic mass is 16.7. The summed E-state index contributed by atoms with van der Waals surface area (Å²) < 4.78 is 26.6. The van der Waals surface area contributed by atoms with Gasteiger partial charge in [-0.15, -0.1) is 0 Å². The third-order valence-electron chi connectivity index (χ3n) is 7.23. The lowest BCUT2D eigenvalue weighted by atomic mass is 9.98. The molecule has 2 aliphatic heterocycles. The summed E-state index contributed by atoms with van der Waals surface area (Å²) in [5, 5.41) is 12.0. The first kappa shape index (κ1) is 27.0. The van der Waals surface area contributed by atoms with Crippen LogP contribution in [0.3, 0.4) is 0 Å². The summed E-state index contributed by atoms with van der Waals surface area (Å²) in [4.78, 5) is 29.0. The van der Waals surface area contributed by atoms with Crippen LogP contribution in [-0.4, -0.2) is 74.2 Å². The van der Waals surface area contributed by atoms with Crippen molar-refractivity contribution >= 4 is 16.9 Å². The van der Waals surface area contributed by atoms with E-state index in [1.54, 1.807) is 13.2 Å². The molecule has 0 radical (unpaired) electrons. The van der Waals surface area contributed by atoms with Gasteiger partial charge >= 0.3 is 11.6 Å². The maximum atomic E-state index is 12.2. The van der Waals surface area contributed by atoms with Crippen molar-refractivity contribution in [1.29, 1.82) is 0 Å². The van der Waals surface area contributed by atoms with Crippen LogP contribution in [0.15, 0.2) is 39.5 Å². The van der Waals surface area contributed by atoms with Crippen molar-refractivity contribution in [3.63, 3.8) is 0 Å². The number of nitrogens with zero attached hydrogens (tertiary/aromatic N) is 2. The number of aryl methyl sites for hydroxylation is 2. The van der Waals surface area contributed by atoms with Gasteiger partial charge in [0.05, 0.1) is 12.2 Å². The van der Waals surface area contributed by atoms with Gasteiger partial charge < -0.3 is 28.5 Å². The average molecular weight is 539 g/mol. The highest BCUT2D eigenvalue weighted by Crippen LogP contribution is 2.35. The van der Waals surface area contributed by atoms with Gasteiger partial charge in [0.15, 0.2) is 11.5 Å². The average Bonchev–Trinajstić information content (AvgIpc) is 3.39. The standard InChI is InChI=1S/C29H34N2O8/c1-19-13-27(33)39-29-22(19)15-21(4-6-26(32)36-12-11-35-2)28(34)23(29)17-31-9-7-30(8-10-31)16-20-3-5-24-25(14-20)38-18-37-24/h3,5,13-15,34H,4,6-12,16-18H2,1-2H3. The number of esters is 1. The number of ether oxygens (including phenoxy) is 4. The highest BCUT2D eigenvalue weighted by molar-refractivity contribution is 5.86. The van der Waals surface area contributed by atoms with Crippen LogP contribution < -0.4 is 15.1 Å². The lowest BCUT2D eigenvalue weighted by molar-refractivity contribution is -0.144. The quantitative estimate of drug-likeness (QED) is 0.235. The van der Waals surface area contributed by atoms with Crippen molar-refractivity contribution in [1.82, 2.24) is 9.80 Å². The zero-order valence-electron chi connectivity index (χ0n) is 22.4. The summed E-state index contributed by atoms with van der Waals surface area (Å²) in [6, 6.07) is 9.29. The van der Waals surface area contributed by atoms with Gasteiger partial charge in [0, 0.05) is 64.3 Å². The lowest BCUT2D eigenvalue weighted by Gasteiger charge is -2.35. The summed E-state index contributed by atoms with van der Waals surface area (Å²) in [6.45, 7) is 7.15. The first-order valence-electron chi connectivity index (χ1n) is 13.2. The third kappa shape index (κ3) is 6.35. The largest absolute Gasteiger partial charge is 0.507 e. The fraction of sp³-hybridized carbons (Fsp3) is 0.448. The molecule has 1 saturated heterocycles. The van der Waals surface area contributed by atoms with E-state index in [-0.39, 0.29) is 31.5 Å². The van der Waals surface area contributed by atoms with Crippen molar-refractivity contribution in [2.24, 2.45) is 0 Å². The number of phenols is 1. The zero-order valence-corrected chi connectivity index (χ0v) is 22.4. The van der Waals surface area contributed by atoms with Crippen molar-refractivity contribution in [2.45, 2.75) is 32.9 Å². The Morgan fingerprint density at radius 2 is 1.74 bits per heavy atom. The molecule has 2 aromatic carbocycles. The van der Waals surface area contributed by atoms with Gasteiger partial charge in [-0.2, -0.15) is 0 Å². The van der Waals surface area contributed by atoms with E-state index in [1.807, 2.05) is 19.1 Å². The number of carbonyl (C=O) groups excluding carboxylic acids is 1. The number of piperazine rings is 1. The van der Waals surface area contributed by atoms with E-state index >= 15 is 0 Å². The van der Waals surface area contributed by atoms with Crippen molar-refractivity contribution in [2.75, 3.05) is 53.3 Å². The monoisotopic (exact) mass is 538 g/mol. The van der Waals surface area contributed by atoms with Gasteiger partial charge in [-0.05, 0) is 48.2 Å². The highest BCUT2D eigenvalue weighted by Gasteiger charge is 2.23. The second kappa shape index (κ2) is 12.1. The molecule has 1 aromatic heterocycles. The number of hydrogen-bond donors (Lipinski definition) is 1. The van der Waals surface area contributed by atoms with Crippen LogP contribution in [0.2, 0.25) is 0 Å². The third-order valence-corrected chi connectivity index (χ3v) is 7.23. The maximum Gasteiger partial charge on any atom is 0.336 e. The Morgan fingerprint density at radius 1 is 1.00 bits per heavy atom. The van der Waals surface area contributed by atoms with E-state index in [2.05, 4.69) is 15.9 Å². The van der Waals surface area contributed by atoms with Gasteiger partial charge in [0.1, 0.15) is 17.9 Å². The number of fused-ring (bicyclic) bond motifs is 2. The molecule has 0 unspecified atom stereocenters. The second-order valence-corrected chi connectivity index (χ2v) is 9.94. The number of phenolic OH excluding ortho intramolecular Hbond substituents is 1. The number of methoxy groups -OCH3 is 1. The van der Waals surface area contributed by atoms with Gasteiger partial charge in [0.25, 0.3) is 0 Å². The summed E-state index contributed by atoms with van der Waals surface area (Å²) >= 11 is 0. The molecule has 10 nitrogen and oxygen atoms in total. The minimum atomic E-state index is -0.455. The summed E-state index contributed by atoms with van der Waals surface area (Å²) in [7, 11) is 1.54. The Labute approximate surface area is 226 Å². The van der Waals surface area contributed by atoms with E-state index < -0.39 is 5.63 Å². The van der Waals surface area contributed by atoms with Crippen LogP contribution in [0.25, 0.3) is 11.0 Å². The molecule has 0 saturated carbocycles. The molecule has 208 valence electrons. The van der Waals surface area contributed by atoms with E-state index in [1.165, 1.54) is 11.6 Å². The molecule has 0 spiro atoms. The molecular formula is C29H34N2O8. The number of benzene rings is 2. The number of aromatic hydroxyl groups is 1. The number of rotatable bonds is 10. The van der Waals surface area contributed by atoms with Crippen LogP contribution >= 0.6 is 0 Å². The molecule has 10 heteroatoms. The van der Waals surface area contributed by atoms with Crippen LogP contribution in [0.5, 0.6) is 17.2 Å². The molecule has 3 heterocycles. The summed E-state index contributed by atoms with van der Waals surface area (Å²) in [5.74, 6) is 1.27. The normalized spacial score (nSPS) is 15.6. The minimum Gasteiger partial charge on any atom is -0.507 e. The smallest absolute Gasteiger partial charge is 0.336 e. The van der Waals surface area contributed by atoms with Crippen LogP contribution in [0, 0.1) is 6.92 Å². The first-order valence-corrected chi connectivity index (χ1v) is 13.2. The topological polar surface area (TPSA) is 111 Å². The fourth-order valence-corrected chi connectivity index (χ4v) is 5.08. The minimum absolute atomic E-state index is 0.0590. The Hall–Kier alpha value is -3.60. The molecule has 0 amide bonds. The molecule has 1 fully saturated rings. The summed E-state index contributed by atoms with van der Waals surface area (Å²) in [6.07, 6.45) is 0.430. The van der Waals surface area contributed by atoms with Crippen LogP contribution in [0.1, 0.15) is 28.7 Å². The predicted molar refractivity (Wildman–Crippen MR) is 143 cm³/mol. The SMILES string of the molecule is COCCOC(=O)CCc1cc2c(C)cc(=O)oc2c(CN2CCN(Cc3ccc4c(c3)OCO4)CC2)c1O. The van der Waals surface area contributed by atoms with Gasteiger partial charge in [-0.25, -0.2) is 4.79 Å². The lowest BCUT2D eigenvalue weighted by Crippen LogP contribution is -2.45. The summed E-state index contributed by atoms with van der Waals surface area (Å²) in [5.41, 5.74) is 3.07. The zero-order chi connectivity index (χ0) is 27.4. The van der Waals surface area contributed by atoms with E-state index in [9.17, 15) is 14.7 Å². The molecule has 5 rings (SSSR count). The maximum absolute atomic E-state index is 12.2. The molecule has 39 heavy (non-hydrogen) atoms. The number of carbonyl (C=O) groups is 1. The Balaban J connectivity index is 1.28. The second-order valence-electron chi connectivity index (χ2n) is 9.94. The van der Waals surface area contributed by atoms with E-state index in [0.717, 1.165) is 55.2 Å². The molecular weight excluding hydrogens is 504 g/mol. The van der Waals surface area contributed by atoms with E-state index in [0.29, 0.717) is 36.3 Å². The Morgan fingerprint density at radius 3 is 2.51 bits per heavy atom. The molecule has 1 N–H and O–H groups in total. The Bertz CT molecular complexity index is 1390. The molecule has 0 bridgehead atoms. The van der Waals surface area contributed by atoms with Crippen LogP contribution in [-0.2, 0) is 33.8 Å². The molecule has 2 aliphatic rings.